The summed E-state index contributed by atoms with van der Waals surface area (Å²) in [6.07, 6.45) is 7.41. The van der Waals surface area contributed by atoms with Crippen molar-refractivity contribution in [3.8, 4) is 0 Å². The van der Waals surface area contributed by atoms with Gasteiger partial charge in [0.25, 0.3) is 0 Å². The molecule has 2 amide bonds. The highest BCUT2D eigenvalue weighted by Crippen LogP contribution is 2.28. The zero-order valence-electron chi connectivity index (χ0n) is 14.8. The third kappa shape index (κ3) is 4.59. The van der Waals surface area contributed by atoms with Gasteiger partial charge < -0.3 is 10.6 Å². The van der Waals surface area contributed by atoms with Crippen LogP contribution in [0.1, 0.15) is 56.9 Å². The third-order valence-electron chi connectivity index (χ3n) is 5.55. The summed E-state index contributed by atoms with van der Waals surface area (Å²) in [6.45, 7) is 1.82. The highest BCUT2D eigenvalue weighted by Gasteiger charge is 2.30. The van der Waals surface area contributed by atoms with Gasteiger partial charge in [0.05, 0.1) is 5.69 Å². The van der Waals surface area contributed by atoms with E-state index in [4.69, 9.17) is 0 Å². The number of rotatable bonds is 4. The molecule has 1 aromatic rings. The maximum Gasteiger partial charge on any atom is 0.227 e. The number of anilines is 1. The molecule has 0 aromatic heterocycles. The Kier molecular flexibility index (Phi) is 5.71. The average Bonchev–Trinajstić information content (AvgIpc) is 3.13. The predicted molar refractivity (Wildman–Crippen MR) is 95.6 cm³/mol. The summed E-state index contributed by atoms with van der Waals surface area (Å²) in [6, 6.07) is 4.99. The molecule has 0 heterocycles. The molecule has 25 heavy (non-hydrogen) atoms. The summed E-state index contributed by atoms with van der Waals surface area (Å²) >= 11 is 0. The largest absolute Gasteiger partial charge is 0.353 e. The van der Waals surface area contributed by atoms with Gasteiger partial charge in [-0.05, 0) is 63.1 Å². The smallest absolute Gasteiger partial charge is 0.227 e. The van der Waals surface area contributed by atoms with Crippen LogP contribution >= 0.6 is 0 Å². The van der Waals surface area contributed by atoms with Gasteiger partial charge in [0.2, 0.25) is 11.8 Å². The Morgan fingerprint density at radius 3 is 2.24 bits per heavy atom. The van der Waals surface area contributed by atoms with Gasteiger partial charge in [0.15, 0.2) is 0 Å². The van der Waals surface area contributed by atoms with Gasteiger partial charge in [0.1, 0.15) is 5.82 Å². The van der Waals surface area contributed by atoms with E-state index in [1.165, 1.54) is 6.07 Å². The fourth-order valence-electron chi connectivity index (χ4n) is 3.96. The van der Waals surface area contributed by atoms with Crippen LogP contribution in [-0.4, -0.2) is 17.9 Å². The number of amides is 2. The summed E-state index contributed by atoms with van der Waals surface area (Å²) in [7, 11) is 0. The molecular formula is C20H27FN2O2. The summed E-state index contributed by atoms with van der Waals surface area (Å²) in [5.74, 6) is -0.257. The van der Waals surface area contributed by atoms with Gasteiger partial charge in [0, 0.05) is 17.9 Å². The van der Waals surface area contributed by atoms with Gasteiger partial charge in [-0.2, -0.15) is 0 Å². The van der Waals surface area contributed by atoms with E-state index >= 15 is 0 Å². The van der Waals surface area contributed by atoms with Crippen LogP contribution in [0.2, 0.25) is 0 Å². The first-order valence-corrected chi connectivity index (χ1v) is 9.40. The van der Waals surface area contributed by atoms with Gasteiger partial charge in [-0.1, -0.05) is 18.9 Å². The number of hydrogen-bond donors (Lipinski definition) is 2. The van der Waals surface area contributed by atoms with Crippen LogP contribution in [-0.2, 0) is 9.59 Å². The Hall–Kier alpha value is -1.91. The number of hydrogen-bond acceptors (Lipinski definition) is 2. The van der Waals surface area contributed by atoms with Crippen molar-refractivity contribution < 1.29 is 14.0 Å². The van der Waals surface area contributed by atoms with E-state index in [-0.39, 0.29) is 35.4 Å². The number of benzene rings is 1. The number of nitrogens with one attached hydrogen (secondary N) is 2. The van der Waals surface area contributed by atoms with Crippen molar-refractivity contribution in [2.45, 2.75) is 64.3 Å². The van der Waals surface area contributed by atoms with Crippen LogP contribution in [0, 0.1) is 24.6 Å². The molecule has 0 bridgehead atoms. The Bertz CT molecular complexity index is 633. The highest BCUT2D eigenvalue weighted by atomic mass is 19.1. The van der Waals surface area contributed by atoms with Gasteiger partial charge >= 0.3 is 0 Å². The third-order valence-corrected chi connectivity index (χ3v) is 5.55. The highest BCUT2D eigenvalue weighted by molar-refractivity contribution is 5.92. The topological polar surface area (TPSA) is 58.2 Å². The lowest BCUT2D eigenvalue weighted by molar-refractivity contribution is -0.125. The molecule has 1 aromatic carbocycles. The van der Waals surface area contributed by atoms with E-state index in [1.54, 1.807) is 12.1 Å². The van der Waals surface area contributed by atoms with Crippen molar-refractivity contribution in [3.05, 3.63) is 29.6 Å². The monoisotopic (exact) mass is 346 g/mol. The second-order valence-corrected chi connectivity index (χ2v) is 7.51. The van der Waals surface area contributed by atoms with Crippen LogP contribution in [0.3, 0.4) is 0 Å². The lowest BCUT2D eigenvalue weighted by Crippen LogP contribution is -2.41. The van der Waals surface area contributed by atoms with Crippen LogP contribution in [0.25, 0.3) is 0 Å². The molecule has 0 unspecified atom stereocenters. The summed E-state index contributed by atoms with van der Waals surface area (Å²) in [5.41, 5.74) is 1.07. The zero-order chi connectivity index (χ0) is 17.8. The molecule has 4 nitrogen and oxygen atoms in total. The number of carbonyl (C=O) groups is 2. The maximum absolute atomic E-state index is 13.9. The van der Waals surface area contributed by atoms with E-state index in [0.717, 1.165) is 56.9 Å². The second kappa shape index (κ2) is 7.98. The van der Waals surface area contributed by atoms with Crippen molar-refractivity contribution in [2.75, 3.05) is 5.32 Å². The first kappa shape index (κ1) is 17.9. The Labute approximate surface area is 148 Å². The SMILES string of the molecule is Cc1ccc(NC(=O)C2CCC(NC(=O)C3CCCC3)CC2)c(F)c1. The fraction of sp³-hybridized carbons (Fsp3) is 0.600. The summed E-state index contributed by atoms with van der Waals surface area (Å²) in [4.78, 5) is 24.6. The van der Waals surface area contributed by atoms with Crippen molar-refractivity contribution in [2.24, 2.45) is 11.8 Å². The first-order chi connectivity index (χ1) is 12.0. The molecule has 5 heteroatoms. The van der Waals surface area contributed by atoms with E-state index < -0.39 is 5.82 Å². The molecule has 3 rings (SSSR count). The molecular weight excluding hydrogens is 319 g/mol. The van der Waals surface area contributed by atoms with Crippen LogP contribution < -0.4 is 10.6 Å². The van der Waals surface area contributed by atoms with Crippen molar-refractivity contribution in [1.29, 1.82) is 0 Å². The van der Waals surface area contributed by atoms with Gasteiger partial charge in [-0.15, -0.1) is 0 Å². The van der Waals surface area contributed by atoms with E-state index in [1.807, 2.05) is 6.92 Å². The van der Waals surface area contributed by atoms with E-state index in [9.17, 15) is 14.0 Å². The normalized spacial score (nSPS) is 24.1. The number of carbonyl (C=O) groups excluding carboxylic acids is 2. The maximum atomic E-state index is 13.9. The zero-order valence-corrected chi connectivity index (χ0v) is 14.8. The molecule has 0 aliphatic heterocycles. The van der Waals surface area contributed by atoms with Crippen molar-refractivity contribution in [3.63, 3.8) is 0 Å². The Balaban J connectivity index is 1.46. The Morgan fingerprint density at radius 2 is 1.60 bits per heavy atom. The molecule has 0 atom stereocenters. The first-order valence-electron chi connectivity index (χ1n) is 9.40. The fourth-order valence-corrected chi connectivity index (χ4v) is 3.96. The molecule has 2 aliphatic carbocycles. The molecule has 0 radical (unpaired) electrons. The second-order valence-electron chi connectivity index (χ2n) is 7.51. The quantitative estimate of drug-likeness (QED) is 0.867. The minimum absolute atomic E-state index is 0.111. The molecule has 0 spiro atoms. The lowest BCUT2D eigenvalue weighted by atomic mass is 9.85. The minimum atomic E-state index is -0.397. The van der Waals surface area contributed by atoms with E-state index in [2.05, 4.69) is 10.6 Å². The summed E-state index contributed by atoms with van der Waals surface area (Å²) in [5, 5.41) is 5.86. The number of halogens is 1. The molecule has 2 aliphatic rings. The van der Waals surface area contributed by atoms with Crippen molar-refractivity contribution >= 4 is 17.5 Å². The molecule has 136 valence electrons. The standard InChI is InChI=1S/C20H27FN2O2/c1-13-6-11-18(17(21)12-13)23-20(25)15-7-9-16(10-8-15)22-19(24)14-4-2-3-5-14/h6,11-12,14-16H,2-5,7-10H2,1H3,(H,22,24)(H,23,25). The molecule has 2 N–H and O–H groups in total. The van der Waals surface area contributed by atoms with E-state index in [0.29, 0.717) is 0 Å². The molecule has 2 fully saturated rings. The molecule has 0 saturated heterocycles. The lowest BCUT2D eigenvalue weighted by Gasteiger charge is -2.29. The van der Waals surface area contributed by atoms with Crippen LogP contribution in [0.5, 0.6) is 0 Å². The predicted octanol–water partition coefficient (Wildman–Crippen LogP) is 3.94. The van der Waals surface area contributed by atoms with Gasteiger partial charge in [-0.3, -0.25) is 9.59 Å². The average molecular weight is 346 g/mol. The number of aryl methyl sites for hydroxylation is 1. The minimum Gasteiger partial charge on any atom is -0.353 e. The Morgan fingerprint density at radius 1 is 0.960 bits per heavy atom. The summed E-state index contributed by atoms with van der Waals surface area (Å²) < 4.78 is 13.9. The van der Waals surface area contributed by atoms with Crippen LogP contribution in [0.4, 0.5) is 10.1 Å². The van der Waals surface area contributed by atoms with Gasteiger partial charge in [-0.25, -0.2) is 4.39 Å². The molecule has 2 saturated carbocycles. The van der Waals surface area contributed by atoms with Crippen molar-refractivity contribution in [1.82, 2.24) is 5.32 Å². The van der Waals surface area contributed by atoms with Crippen LogP contribution in [0.15, 0.2) is 18.2 Å².